The van der Waals surface area contributed by atoms with Gasteiger partial charge in [-0.2, -0.15) is 0 Å². The third-order valence-corrected chi connectivity index (χ3v) is 2.58. The Morgan fingerprint density at radius 1 is 1.53 bits per heavy atom. The molecule has 1 unspecified atom stereocenters. The lowest BCUT2D eigenvalue weighted by atomic mass is 10.3. The van der Waals surface area contributed by atoms with Crippen molar-refractivity contribution >= 4 is 12.0 Å². The number of carbonyl (C=O) groups excluding carboxylic acids is 1. The lowest BCUT2D eigenvalue weighted by Crippen LogP contribution is -2.43. The maximum Gasteiger partial charge on any atom is 0.317 e. The van der Waals surface area contributed by atoms with E-state index >= 15 is 0 Å². The van der Waals surface area contributed by atoms with E-state index in [9.17, 15) is 9.59 Å². The molecule has 1 rings (SSSR count). The molecule has 2 N–H and O–H groups in total. The summed E-state index contributed by atoms with van der Waals surface area (Å²) in [5.41, 5.74) is 0. The number of nitrogens with zero attached hydrogens (tertiary/aromatic N) is 1. The molecule has 6 nitrogen and oxygen atoms in total. The van der Waals surface area contributed by atoms with Crippen molar-refractivity contribution in [3.8, 4) is 0 Å². The highest BCUT2D eigenvalue weighted by Crippen LogP contribution is 2.05. The topological polar surface area (TPSA) is 78.9 Å². The van der Waals surface area contributed by atoms with Gasteiger partial charge in [0.2, 0.25) is 0 Å². The smallest absolute Gasteiger partial charge is 0.317 e. The van der Waals surface area contributed by atoms with Crippen molar-refractivity contribution in [1.82, 2.24) is 10.2 Å². The summed E-state index contributed by atoms with van der Waals surface area (Å²) in [6.07, 6.45) is 1.44. The van der Waals surface area contributed by atoms with Gasteiger partial charge in [-0.05, 0) is 19.8 Å². The Bertz CT molecular complexity index is 270. The molecule has 1 fully saturated rings. The van der Waals surface area contributed by atoms with Gasteiger partial charge in [0, 0.05) is 32.7 Å². The molecule has 1 heterocycles. The number of nitrogens with one attached hydrogen (secondary N) is 1. The zero-order chi connectivity index (χ0) is 12.7. The fourth-order valence-corrected chi connectivity index (χ4v) is 1.73. The largest absolute Gasteiger partial charge is 0.481 e. The van der Waals surface area contributed by atoms with Gasteiger partial charge >= 0.3 is 12.0 Å². The van der Waals surface area contributed by atoms with Crippen LogP contribution in [-0.2, 0) is 9.53 Å². The van der Waals surface area contributed by atoms with Gasteiger partial charge < -0.3 is 20.1 Å². The molecule has 2 amide bonds. The van der Waals surface area contributed by atoms with E-state index in [0.29, 0.717) is 32.7 Å². The Morgan fingerprint density at radius 2 is 2.29 bits per heavy atom. The van der Waals surface area contributed by atoms with Gasteiger partial charge in [-0.25, -0.2) is 4.79 Å². The molecule has 1 aliphatic rings. The molecule has 0 bridgehead atoms. The van der Waals surface area contributed by atoms with Crippen molar-refractivity contribution in [3.63, 3.8) is 0 Å². The van der Waals surface area contributed by atoms with Gasteiger partial charge in [-0.3, -0.25) is 4.79 Å². The number of rotatable bonds is 4. The van der Waals surface area contributed by atoms with Crippen LogP contribution in [0.5, 0.6) is 0 Å². The van der Waals surface area contributed by atoms with E-state index in [1.54, 1.807) is 4.90 Å². The number of aliphatic carboxylic acids is 1. The summed E-state index contributed by atoms with van der Waals surface area (Å²) in [4.78, 5) is 23.8. The van der Waals surface area contributed by atoms with Gasteiger partial charge in [-0.15, -0.1) is 0 Å². The second-order valence-electron chi connectivity index (χ2n) is 4.21. The lowest BCUT2D eigenvalue weighted by Gasteiger charge is -2.22. The Hall–Kier alpha value is -1.30. The van der Waals surface area contributed by atoms with Crippen LogP contribution in [0, 0.1) is 0 Å². The predicted octanol–water partition coefficient (Wildman–Crippen LogP) is 0.672. The van der Waals surface area contributed by atoms with Gasteiger partial charge in [0.05, 0.1) is 6.10 Å². The summed E-state index contributed by atoms with van der Waals surface area (Å²) in [7, 11) is 0. The molecule has 1 atom stereocenters. The normalized spacial score (nSPS) is 20.8. The minimum absolute atomic E-state index is 0.0577. The highest BCUT2D eigenvalue weighted by molar-refractivity contribution is 5.74. The maximum absolute atomic E-state index is 11.8. The standard InChI is InChI=1S/C11H20N2O4/c1-9-8-13(6-3-7-17-9)11(16)12-5-2-4-10(14)15/h9H,2-8H2,1H3,(H,12,16)(H,14,15). The van der Waals surface area contributed by atoms with Gasteiger partial charge in [0.25, 0.3) is 0 Å². The van der Waals surface area contributed by atoms with E-state index in [1.165, 1.54) is 0 Å². The minimum Gasteiger partial charge on any atom is -0.481 e. The molecule has 98 valence electrons. The summed E-state index contributed by atoms with van der Waals surface area (Å²) < 4.78 is 5.44. The van der Waals surface area contributed by atoms with Crippen molar-refractivity contribution in [3.05, 3.63) is 0 Å². The summed E-state index contributed by atoms with van der Waals surface area (Å²) in [6, 6.07) is -0.132. The molecular formula is C11H20N2O4. The van der Waals surface area contributed by atoms with Crippen LogP contribution in [0.1, 0.15) is 26.2 Å². The SMILES string of the molecule is CC1CN(C(=O)NCCCC(=O)O)CCCO1. The first-order valence-corrected chi connectivity index (χ1v) is 5.96. The Kier molecular flexibility index (Phi) is 5.76. The quantitative estimate of drug-likeness (QED) is 0.712. The van der Waals surface area contributed by atoms with Crippen molar-refractivity contribution < 1.29 is 19.4 Å². The fraction of sp³-hybridized carbons (Fsp3) is 0.818. The summed E-state index contributed by atoms with van der Waals surface area (Å²) in [5.74, 6) is -0.837. The molecule has 17 heavy (non-hydrogen) atoms. The molecule has 6 heteroatoms. The summed E-state index contributed by atoms with van der Waals surface area (Å²) in [6.45, 7) is 4.30. The lowest BCUT2D eigenvalue weighted by molar-refractivity contribution is -0.137. The Balaban J connectivity index is 2.23. The second kappa shape index (κ2) is 7.11. The van der Waals surface area contributed by atoms with Crippen LogP contribution in [0.2, 0.25) is 0 Å². The zero-order valence-electron chi connectivity index (χ0n) is 10.1. The number of ether oxygens (including phenoxy) is 1. The maximum atomic E-state index is 11.8. The predicted molar refractivity (Wildman–Crippen MR) is 61.9 cm³/mol. The summed E-state index contributed by atoms with van der Waals surface area (Å²) >= 11 is 0. The van der Waals surface area contributed by atoms with Gasteiger partial charge in [0.1, 0.15) is 0 Å². The van der Waals surface area contributed by atoms with Crippen molar-refractivity contribution in [2.45, 2.75) is 32.3 Å². The molecule has 0 aliphatic carbocycles. The molecule has 0 saturated carbocycles. The van der Waals surface area contributed by atoms with Crippen LogP contribution >= 0.6 is 0 Å². The molecular weight excluding hydrogens is 224 g/mol. The first kappa shape index (κ1) is 13.8. The van der Waals surface area contributed by atoms with Crippen molar-refractivity contribution in [2.24, 2.45) is 0 Å². The molecule has 0 radical (unpaired) electrons. The average Bonchev–Trinajstić information content (AvgIpc) is 2.48. The van der Waals surface area contributed by atoms with E-state index in [-0.39, 0.29) is 18.6 Å². The zero-order valence-corrected chi connectivity index (χ0v) is 10.1. The van der Waals surface area contributed by atoms with Crippen LogP contribution in [0.15, 0.2) is 0 Å². The third-order valence-electron chi connectivity index (χ3n) is 2.58. The highest BCUT2D eigenvalue weighted by Gasteiger charge is 2.19. The minimum atomic E-state index is -0.837. The van der Waals surface area contributed by atoms with Crippen molar-refractivity contribution in [2.75, 3.05) is 26.2 Å². The van der Waals surface area contributed by atoms with Crippen LogP contribution in [0.3, 0.4) is 0 Å². The number of hydrogen-bond donors (Lipinski definition) is 2. The molecule has 0 aromatic carbocycles. The number of carboxylic acids is 1. The fourth-order valence-electron chi connectivity index (χ4n) is 1.73. The molecule has 0 aromatic rings. The highest BCUT2D eigenvalue weighted by atomic mass is 16.5. The van der Waals surface area contributed by atoms with Gasteiger partial charge in [0.15, 0.2) is 0 Å². The van der Waals surface area contributed by atoms with Gasteiger partial charge in [-0.1, -0.05) is 0 Å². The second-order valence-corrected chi connectivity index (χ2v) is 4.21. The number of urea groups is 1. The van der Waals surface area contributed by atoms with E-state index in [1.807, 2.05) is 6.92 Å². The first-order chi connectivity index (χ1) is 8.09. The number of carboxylic acid groups (broad SMARTS) is 1. The van der Waals surface area contributed by atoms with E-state index in [0.717, 1.165) is 6.42 Å². The Labute approximate surface area is 101 Å². The Morgan fingerprint density at radius 3 is 3.00 bits per heavy atom. The van der Waals surface area contributed by atoms with Crippen LogP contribution < -0.4 is 5.32 Å². The van der Waals surface area contributed by atoms with E-state index < -0.39 is 5.97 Å². The van der Waals surface area contributed by atoms with Crippen LogP contribution in [0.4, 0.5) is 4.79 Å². The van der Waals surface area contributed by atoms with E-state index in [4.69, 9.17) is 9.84 Å². The van der Waals surface area contributed by atoms with Crippen LogP contribution in [-0.4, -0.2) is 54.4 Å². The van der Waals surface area contributed by atoms with Crippen molar-refractivity contribution in [1.29, 1.82) is 0 Å². The molecule has 0 aromatic heterocycles. The molecule has 1 aliphatic heterocycles. The number of amides is 2. The van der Waals surface area contributed by atoms with E-state index in [2.05, 4.69) is 5.32 Å². The monoisotopic (exact) mass is 244 g/mol. The van der Waals surface area contributed by atoms with Crippen LogP contribution in [0.25, 0.3) is 0 Å². The first-order valence-electron chi connectivity index (χ1n) is 5.96. The molecule has 1 saturated heterocycles. The summed E-state index contributed by atoms with van der Waals surface area (Å²) in [5, 5.41) is 11.2. The third kappa shape index (κ3) is 5.53. The number of carbonyl (C=O) groups is 2. The molecule has 0 spiro atoms. The number of hydrogen-bond acceptors (Lipinski definition) is 3. The average molecular weight is 244 g/mol.